The fourth-order valence-electron chi connectivity index (χ4n) is 2.02. The first-order valence-electron chi connectivity index (χ1n) is 6.35. The van der Waals surface area contributed by atoms with Crippen molar-refractivity contribution in [1.29, 1.82) is 0 Å². The summed E-state index contributed by atoms with van der Waals surface area (Å²) >= 11 is 0. The Morgan fingerprint density at radius 3 is 3.15 bits per heavy atom. The quantitative estimate of drug-likeness (QED) is 0.783. The molecule has 6 nitrogen and oxygen atoms in total. The first-order valence-corrected chi connectivity index (χ1v) is 6.35. The van der Waals surface area contributed by atoms with E-state index in [0.29, 0.717) is 17.9 Å². The van der Waals surface area contributed by atoms with Crippen molar-refractivity contribution >= 4 is 11.7 Å². The highest BCUT2D eigenvalue weighted by atomic mass is 16.3. The third-order valence-electron chi connectivity index (χ3n) is 2.93. The summed E-state index contributed by atoms with van der Waals surface area (Å²) in [6.45, 7) is 1.93. The van der Waals surface area contributed by atoms with Gasteiger partial charge in [0.1, 0.15) is 11.5 Å². The molecule has 0 aliphatic heterocycles. The third kappa shape index (κ3) is 2.54. The van der Waals surface area contributed by atoms with Gasteiger partial charge in [-0.1, -0.05) is 0 Å². The van der Waals surface area contributed by atoms with Gasteiger partial charge < -0.3 is 9.73 Å². The maximum Gasteiger partial charge on any atom is 0.271 e. The predicted molar refractivity (Wildman–Crippen MR) is 72.3 cm³/mol. The molecule has 0 saturated carbocycles. The average Bonchev–Trinajstić information content (AvgIpc) is 3.06. The molecule has 6 heteroatoms. The van der Waals surface area contributed by atoms with E-state index in [-0.39, 0.29) is 11.9 Å². The normalized spacial score (nSPS) is 12.4. The summed E-state index contributed by atoms with van der Waals surface area (Å²) < 4.78 is 6.97. The molecule has 1 N–H and O–H groups in total. The molecule has 0 spiro atoms. The molecule has 3 aromatic rings. The number of hydrogen-bond donors (Lipinski definition) is 1. The highest BCUT2D eigenvalue weighted by molar-refractivity contribution is 5.92. The van der Waals surface area contributed by atoms with Crippen molar-refractivity contribution in [2.24, 2.45) is 0 Å². The van der Waals surface area contributed by atoms with E-state index in [0.717, 1.165) is 5.76 Å². The molecule has 20 heavy (non-hydrogen) atoms. The molecule has 3 aromatic heterocycles. The first-order chi connectivity index (χ1) is 9.72. The number of rotatable bonds is 4. The molecule has 0 saturated heterocycles. The monoisotopic (exact) mass is 270 g/mol. The van der Waals surface area contributed by atoms with Gasteiger partial charge in [-0.3, -0.25) is 9.20 Å². The summed E-state index contributed by atoms with van der Waals surface area (Å²) in [6, 6.07) is 5.47. The Morgan fingerprint density at radius 2 is 2.40 bits per heavy atom. The largest absolute Gasteiger partial charge is 0.469 e. The molecule has 0 aromatic carbocycles. The second-order valence-electron chi connectivity index (χ2n) is 4.61. The number of carbonyl (C=O) groups is 1. The lowest BCUT2D eigenvalue weighted by atomic mass is 10.2. The summed E-state index contributed by atoms with van der Waals surface area (Å²) in [5.41, 5.74) is 0.356. The Morgan fingerprint density at radius 1 is 1.50 bits per heavy atom. The van der Waals surface area contributed by atoms with Crippen molar-refractivity contribution in [3.63, 3.8) is 0 Å². The number of carbonyl (C=O) groups excluding carboxylic acids is 1. The van der Waals surface area contributed by atoms with Crippen LogP contribution in [-0.4, -0.2) is 26.3 Å². The number of imidazole rings is 1. The minimum absolute atomic E-state index is 0.0357. The molecule has 0 aliphatic carbocycles. The lowest BCUT2D eigenvalue weighted by Crippen LogP contribution is -2.34. The molecule has 0 aliphatic rings. The second kappa shape index (κ2) is 5.16. The molecular formula is C14H14N4O2. The zero-order valence-electron chi connectivity index (χ0n) is 11.0. The molecule has 3 rings (SSSR count). The Bertz CT molecular complexity index is 685. The van der Waals surface area contributed by atoms with E-state index in [9.17, 15) is 4.79 Å². The maximum absolute atomic E-state index is 12.1. The topological polar surface area (TPSA) is 72.4 Å². The van der Waals surface area contributed by atoms with Crippen LogP contribution < -0.4 is 5.32 Å². The Labute approximate surface area is 115 Å². The van der Waals surface area contributed by atoms with Crippen LogP contribution in [0.4, 0.5) is 0 Å². The van der Waals surface area contributed by atoms with Crippen molar-refractivity contribution in [3.8, 4) is 0 Å². The van der Waals surface area contributed by atoms with Crippen LogP contribution in [0.1, 0.15) is 23.2 Å². The van der Waals surface area contributed by atoms with Gasteiger partial charge in [-0.2, -0.15) is 0 Å². The van der Waals surface area contributed by atoms with Crippen LogP contribution in [0.2, 0.25) is 0 Å². The smallest absolute Gasteiger partial charge is 0.271 e. The summed E-state index contributed by atoms with van der Waals surface area (Å²) in [4.78, 5) is 20.4. The average molecular weight is 270 g/mol. The van der Waals surface area contributed by atoms with E-state index in [1.807, 2.05) is 19.1 Å². The fraction of sp³-hybridized carbons (Fsp3) is 0.214. The predicted octanol–water partition coefficient (Wildman–Crippen LogP) is 1.68. The minimum atomic E-state index is -0.213. The van der Waals surface area contributed by atoms with Crippen molar-refractivity contribution in [2.75, 3.05) is 0 Å². The Balaban J connectivity index is 1.69. The van der Waals surface area contributed by atoms with Crippen molar-refractivity contribution < 1.29 is 9.21 Å². The molecule has 102 valence electrons. The number of nitrogens with one attached hydrogen (secondary N) is 1. The van der Waals surface area contributed by atoms with E-state index in [1.54, 1.807) is 35.3 Å². The van der Waals surface area contributed by atoms with Gasteiger partial charge in [-0.25, -0.2) is 9.97 Å². The zero-order chi connectivity index (χ0) is 13.9. The SMILES string of the molecule is C[C@@H](Cc1ccco1)NC(=O)c1cn2cccnc2n1. The van der Waals surface area contributed by atoms with Gasteiger partial charge in [0.25, 0.3) is 5.91 Å². The summed E-state index contributed by atoms with van der Waals surface area (Å²) in [5.74, 6) is 1.14. The van der Waals surface area contributed by atoms with Crippen LogP contribution in [0.3, 0.4) is 0 Å². The van der Waals surface area contributed by atoms with Crippen molar-refractivity contribution in [1.82, 2.24) is 19.7 Å². The minimum Gasteiger partial charge on any atom is -0.469 e. The zero-order valence-corrected chi connectivity index (χ0v) is 11.0. The van der Waals surface area contributed by atoms with Gasteiger partial charge in [0, 0.05) is 31.1 Å². The highest BCUT2D eigenvalue weighted by Crippen LogP contribution is 2.06. The van der Waals surface area contributed by atoms with Crippen molar-refractivity contribution in [2.45, 2.75) is 19.4 Å². The summed E-state index contributed by atoms with van der Waals surface area (Å²) in [6.07, 6.45) is 7.38. The van der Waals surface area contributed by atoms with Crippen LogP contribution in [0.5, 0.6) is 0 Å². The standard InChI is InChI=1S/C14H14N4O2/c1-10(8-11-4-2-7-20-11)16-13(19)12-9-18-6-3-5-15-14(18)17-12/h2-7,9-10H,8H2,1H3,(H,16,19)/t10-/m0/s1. The molecule has 0 unspecified atom stereocenters. The van der Waals surface area contributed by atoms with Crippen LogP contribution in [0.15, 0.2) is 47.5 Å². The Hall–Kier alpha value is -2.63. The number of aromatic nitrogens is 3. The molecule has 0 radical (unpaired) electrons. The second-order valence-corrected chi connectivity index (χ2v) is 4.61. The van der Waals surface area contributed by atoms with E-state index in [1.165, 1.54) is 0 Å². The van der Waals surface area contributed by atoms with E-state index >= 15 is 0 Å². The van der Waals surface area contributed by atoms with Crippen LogP contribution >= 0.6 is 0 Å². The number of amides is 1. The van der Waals surface area contributed by atoms with E-state index < -0.39 is 0 Å². The number of fused-ring (bicyclic) bond motifs is 1. The summed E-state index contributed by atoms with van der Waals surface area (Å²) in [5, 5.41) is 2.89. The van der Waals surface area contributed by atoms with Crippen LogP contribution in [0.25, 0.3) is 5.78 Å². The number of nitrogens with zero attached hydrogens (tertiary/aromatic N) is 3. The van der Waals surface area contributed by atoms with E-state index in [4.69, 9.17) is 4.42 Å². The molecule has 0 fully saturated rings. The maximum atomic E-state index is 12.1. The third-order valence-corrected chi connectivity index (χ3v) is 2.93. The molecule has 0 bridgehead atoms. The highest BCUT2D eigenvalue weighted by Gasteiger charge is 2.14. The van der Waals surface area contributed by atoms with Gasteiger partial charge in [0.2, 0.25) is 5.78 Å². The Kier molecular flexibility index (Phi) is 3.20. The molecule has 3 heterocycles. The lowest BCUT2D eigenvalue weighted by Gasteiger charge is -2.10. The number of hydrogen-bond acceptors (Lipinski definition) is 4. The van der Waals surface area contributed by atoms with Crippen LogP contribution in [-0.2, 0) is 6.42 Å². The molecular weight excluding hydrogens is 256 g/mol. The van der Waals surface area contributed by atoms with Gasteiger partial charge in [0.05, 0.1) is 6.26 Å². The van der Waals surface area contributed by atoms with E-state index in [2.05, 4.69) is 15.3 Å². The van der Waals surface area contributed by atoms with Gasteiger partial charge in [-0.15, -0.1) is 0 Å². The molecule has 1 atom stereocenters. The fourth-order valence-corrected chi connectivity index (χ4v) is 2.02. The van der Waals surface area contributed by atoms with Gasteiger partial charge in [0.15, 0.2) is 0 Å². The lowest BCUT2D eigenvalue weighted by molar-refractivity contribution is 0.0935. The summed E-state index contributed by atoms with van der Waals surface area (Å²) in [7, 11) is 0. The van der Waals surface area contributed by atoms with Gasteiger partial charge >= 0.3 is 0 Å². The first kappa shape index (κ1) is 12.4. The van der Waals surface area contributed by atoms with Crippen molar-refractivity contribution in [3.05, 3.63) is 54.5 Å². The molecule has 1 amide bonds. The number of furan rings is 1. The van der Waals surface area contributed by atoms with Crippen LogP contribution in [0, 0.1) is 0 Å². The van der Waals surface area contributed by atoms with Gasteiger partial charge in [-0.05, 0) is 25.1 Å².